The quantitative estimate of drug-likeness (QED) is 0.364. The number of sulfonamides is 1. The van der Waals surface area contributed by atoms with Crippen LogP contribution in [-0.4, -0.2) is 45.5 Å². The number of amides is 1. The summed E-state index contributed by atoms with van der Waals surface area (Å²) in [6.07, 6.45) is 1.86. The predicted octanol–water partition coefficient (Wildman–Crippen LogP) is 4.32. The van der Waals surface area contributed by atoms with Gasteiger partial charge in [-0.25, -0.2) is 13.1 Å². The fourth-order valence-electron chi connectivity index (χ4n) is 3.36. The molecule has 0 aliphatic carbocycles. The van der Waals surface area contributed by atoms with Gasteiger partial charge in [0.05, 0.1) is 11.5 Å². The smallest absolute Gasteiger partial charge is 0.264 e. The van der Waals surface area contributed by atoms with Gasteiger partial charge in [0.15, 0.2) is 0 Å². The lowest BCUT2D eigenvalue weighted by Gasteiger charge is -2.20. The standard InChI is InChI=1S/C25H30N2O4S2/c1-2-27(16-13-25(28)26-33(29,30)24-7-4-3-5-8-24)15-6-17-31-23-11-9-21(10-12-23)19-22-14-18-32-20-22/h3-5,7-12,14,18,20H,2,6,13,15-17,19H2,1H3,(H,26,28). The van der Waals surface area contributed by atoms with E-state index in [9.17, 15) is 13.2 Å². The zero-order valence-corrected chi connectivity index (χ0v) is 20.4. The number of carbonyl (C=O) groups excluding carboxylic acids is 1. The maximum atomic E-state index is 12.2. The van der Waals surface area contributed by atoms with E-state index in [1.807, 2.05) is 19.1 Å². The Hall–Kier alpha value is -2.68. The van der Waals surface area contributed by atoms with Gasteiger partial charge in [0.25, 0.3) is 10.0 Å². The minimum Gasteiger partial charge on any atom is -0.494 e. The van der Waals surface area contributed by atoms with Crippen LogP contribution in [0, 0.1) is 0 Å². The van der Waals surface area contributed by atoms with Crippen molar-refractivity contribution in [3.63, 3.8) is 0 Å². The average Bonchev–Trinajstić information content (AvgIpc) is 3.33. The van der Waals surface area contributed by atoms with E-state index < -0.39 is 15.9 Å². The summed E-state index contributed by atoms with van der Waals surface area (Å²) < 4.78 is 32.5. The molecule has 2 aromatic carbocycles. The Morgan fingerprint density at radius 3 is 2.42 bits per heavy atom. The van der Waals surface area contributed by atoms with Crippen molar-refractivity contribution in [3.05, 3.63) is 82.6 Å². The van der Waals surface area contributed by atoms with E-state index in [4.69, 9.17) is 4.74 Å². The van der Waals surface area contributed by atoms with Crippen LogP contribution in [0.25, 0.3) is 0 Å². The Morgan fingerprint density at radius 2 is 1.76 bits per heavy atom. The summed E-state index contributed by atoms with van der Waals surface area (Å²) >= 11 is 1.71. The Kier molecular flexibility index (Phi) is 9.47. The van der Waals surface area contributed by atoms with Gasteiger partial charge in [-0.15, -0.1) is 0 Å². The first-order chi connectivity index (χ1) is 16.0. The first kappa shape index (κ1) is 25.0. The van der Waals surface area contributed by atoms with Crippen molar-refractivity contribution in [2.45, 2.75) is 31.1 Å². The molecule has 0 saturated carbocycles. The Bertz CT molecular complexity index is 1080. The molecular formula is C25H30N2O4S2. The molecule has 0 radical (unpaired) electrons. The number of hydrogen-bond acceptors (Lipinski definition) is 6. The number of ether oxygens (including phenoxy) is 1. The molecule has 0 spiro atoms. The van der Waals surface area contributed by atoms with Crippen molar-refractivity contribution < 1.29 is 17.9 Å². The zero-order chi connectivity index (χ0) is 23.5. The topological polar surface area (TPSA) is 75.7 Å². The second kappa shape index (κ2) is 12.5. The average molecular weight is 487 g/mol. The van der Waals surface area contributed by atoms with Crippen LogP contribution < -0.4 is 9.46 Å². The molecule has 0 aliphatic rings. The molecule has 176 valence electrons. The lowest BCUT2D eigenvalue weighted by atomic mass is 10.1. The van der Waals surface area contributed by atoms with E-state index >= 15 is 0 Å². The summed E-state index contributed by atoms with van der Waals surface area (Å²) in [5, 5.41) is 4.25. The molecule has 1 aromatic heterocycles. The van der Waals surface area contributed by atoms with Gasteiger partial charge in [0.2, 0.25) is 5.91 Å². The summed E-state index contributed by atoms with van der Waals surface area (Å²) in [5.41, 5.74) is 2.57. The van der Waals surface area contributed by atoms with Crippen LogP contribution in [0.5, 0.6) is 5.75 Å². The lowest BCUT2D eigenvalue weighted by Crippen LogP contribution is -2.35. The number of benzene rings is 2. The van der Waals surface area contributed by atoms with E-state index in [0.29, 0.717) is 13.2 Å². The molecule has 0 atom stereocenters. The molecule has 33 heavy (non-hydrogen) atoms. The number of nitrogens with zero attached hydrogens (tertiary/aromatic N) is 1. The summed E-state index contributed by atoms with van der Waals surface area (Å²) in [6, 6.07) is 18.2. The van der Waals surface area contributed by atoms with Gasteiger partial charge in [-0.1, -0.05) is 37.3 Å². The van der Waals surface area contributed by atoms with E-state index in [0.717, 1.165) is 31.7 Å². The minimum absolute atomic E-state index is 0.0855. The first-order valence-electron chi connectivity index (χ1n) is 11.0. The first-order valence-corrected chi connectivity index (χ1v) is 13.4. The molecular weight excluding hydrogens is 456 g/mol. The maximum absolute atomic E-state index is 12.2. The highest BCUT2D eigenvalue weighted by molar-refractivity contribution is 7.90. The second-order valence-corrected chi connectivity index (χ2v) is 10.1. The van der Waals surface area contributed by atoms with E-state index in [-0.39, 0.29) is 11.3 Å². The van der Waals surface area contributed by atoms with Crippen LogP contribution in [0.1, 0.15) is 30.9 Å². The number of rotatable bonds is 13. The number of thiophene rings is 1. The SMILES string of the molecule is CCN(CCCOc1ccc(Cc2ccsc2)cc1)CCC(=O)NS(=O)(=O)c1ccccc1. The maximum Gasteiger partial charge on any atom is 0.264 e. The van der Waals surface area contributed by atoms with Crippen molar-refractivity contribution in [3.8, 4) is 5.75 Å². The normalized spacial score (nSPS) is 11.5. The third-order valence-corrected chi connectivity index (χ3v) is 7.32. The monoisotopic (exact) mass is 486 g/mol. The van der Waals surface area contributed by atoms with Crippen LogP contribution >= 0.6 is 11.3 Å². The molecule has 0 aliphatic heterocycles. The molecule has 6 nitrogen and oxygen atoms in total. The van der Waals surface area contributed by atoms with Gasteiger partial charge < -0.3 is 9.64 Å². The Morgan fingerprint density at radius 1 is 1.00 bits per heavy atom. The van der Waals surface area contributed by atoms with E-state index in [1.54, 1.807) is 29.5 Å². The van der Waals surface area contributed by atoms with Crippen LogP contribution in [-0.2, 0) is 21.2 Å². The van der Waals surface area contributed by atoms with Crippen LogP contribution in [0.2, 0.25) is 0 Å². The Balaban J connectivity index is 1.35. The van der Waals surface area contributed by atoms with Crippen LogP contribution in [0.4, 0.5) is 0 Å². The summed E-state index contributed by atoms with van der Waals surface area (Å²) in [7, 11) is -3.82. The van der Waals surface area contributed by atoms with Crippen molar-refractivity contribution in [1.82, 2.24) is 9.62 Å². The van der Waals surface area contributed by atoms with E-state index in [1.165, 1.54) is 23.3 Å². The second-order valence-electron chi connectivity index (χ2n) is 7.68. The Labute approximate surface area is 200 Å². The minimum atomic E-state index is -3.82. The summed E-state index contributed by atoms with van der Waals surface area (Å²) in [5.74, 6) is 0.341. The van der Waals surface area contributed by atoms with E-state index in [2.05, 4.69) is 38.6 Å². The predicted molar refractivity (Wildman–Crippen MR) is 132 cm³/mol. The molecule has 0 unspecified atom stereocenters. The molecule has 0 saturated heterocycles. The van der Waals surface area contributed by atoms with Crippen molar-refractivity contribution in [2.24, 2.45) is 0 Å². The molecule has 1 N–H and O–H groups in total. The summed E-state index contributed by atoms with van der Waals surface area (Å²) in [6.45, 7) is 4.63. The molecule has 0 fully saturated rings. The van der Waals surface area contributed by atoms with Gasteiger partial charge in [0, 0.05) is 19.5 Å². The highest BCUT2D eigenvalue weighted by Gasteiger charge is 2.17. The van der Waals surface area contributed by atoms with Gasteiger partial charge >= 0.3 is 0 Å². The van der Waals surface area contributed by atoms with Crippen molar-refractivity contribution in [1.29, 1.82) is 0 Å². The fourth-order valence-corrected chi connectivity index (χ4v) is 5.06. The zero-order valence-electron chi connectivity index (χ0n) is 18.8. The van der Waals surface area contributed by atoms with Crippen molar-refractivity contribution >= 4 is 27.3 Å². The lowest BCUT2D eigenvalue weighted by molar-refractivity contribution is -0.119. The van der Waals surface area contributed by atoms with Crippen LogP contribution in [0.3, 0.4) is 0 Å². The highest BCUT2D eigenvalue weighted by atomic mass is 32.2. The van der Waals surface area contributed by atoms with Gasteiger partial charge in [-0.2, -0.15) is 11.3 Å². The third-order valence-electron chi connectivity index (χ3n) is 5.20. The van der Waals surface area contributed by atoms with Crippen molar-refractivity contribution in [2.75, 3.05) is 26.2 Å². The molecule has 8 heteroatoms. The highest BCUT2D eigenvalue weighted by Crippen LogP contribution is 2.17. The van der Waals surface area contributed by atoms with Gasteiger partial charge in [-0.05, 0) is 71.6 Å². The molecule has 0 bridgehead atoms. The molecule has 3 aromatic rings. The number of carbonyl (C=O) groups is 1. The fraction of sp³-hybridized carbons (Fsp3) is 0.320. The summed E-state index contributed by atoms with van der Waals surface area (Å²) in [4.78, 5) is 14.4. The number of hydrogen-bond donors (Lipinski definition) is 1. The van der Waals surface area contributed by atoms with Gasteiger partial charge in [0.1, 0.15) is 5.75 Å². The molecule has 3 rings (SSSR count). The molecule has 1 amide bonds. The van der Waals surface area contributed by atoms with Gasteiger partial charge in [-0.3, -0.25) is 4.79 Å². The largest absolute Gasteiger partial charge is 0.494 e. The van der Waals surface area contributed by atoms with Crippen LogP contribution in [0.15, 0.2) is 76.3 Å². The third kappa shape index (κ3) is 8.31. The number of nitrogens with one attached hydrogen (secondary N) is 1. The molecule has 1 heterocycles.